The van der Waals surface area contributed by atoms with E-state index in [2.05, 4.69) is 23.3 Å². The van der Waals surface area contributed by atoms with E-state index in [9.17, 15) is 9.35 Å². The zero-order valence-corrected chi connectivity index (χ0v) is 19.9. The Bertz CT molecular complexity index is 609. The van der Waals surface area contributed by atoms with Gasteiger partial charge in [-0.1, -0.05) is 49.8 Å². The highest BCUT2D eigenvalue weighted by Gasteiger charge is 2.19. The number of esters is 1. The van der Waals surface area contributed by atoms with E-state index < -0.39 is 17.5 Å². The molecular formula is C23H38O6S. The Hall–Kier alpha value is -1.44. The second kappa shape index (κ2) is 15.4. The summed E-state index contributed by atoms with van der Waals surface area (Å²) in [5.74, 6) is 2.13. The summed E-state index contributed by atoms with van der Waals surface area (Å²) in [7, 11) is 1.48. The van der Waals surface area contributed by atoms with Gasteiger partial charge in [-0.3, -0.25) is 4.79 Å². The molecule has 0 spiro atoms. The van der Waals surface area contributed by atoms with Gasteiger partial charge in [0.25, 0.3) is 0 Å². The van der Waals surface area contributed by atoms with Gasteiger partial charge in [0.15, 0.2) is 17.8 Å². The van der Waals surface area contributed by atoms with E-state index in [1.165, 1.54) is 51.7 Å². The summed E-state index contributed by atoms with van der Waals surface area (Å²) >= 11 is -0.743. The number of ether oxygens (including phenoxy) is 4. The third kappa shape index (κ3) is 11.1. The van der Waals surface area contributed by atoms with Gasteiger partial charge < -0.3 is 23.5 Å². The number of fused-ring (bicyclic) bond motifs is 1. The van der Waals surface area contributed by atoms with Gasteiger partial charge in [0, 0.05) is 20.5 Å². The second-order valence-corrected chi connectivity index (χ2v) is 9.44. The Balaban J connectivity index is 0.000000479. The predicted molar refractivity (Wildman–Crippen MR) is 120 cm³/mol. The molecule has 0 aromatic heterocycles. The molecule has 0 saturated carbocycles. The molecule has 30 heavy (non-hydrogen) atoms. The van der Waals surface area contributed by atoms with Crippen molar-refractivity contribution >= 4 is 17.1 Å². The zero-order chi connectivity index (χ0) is 22.4. The van der Waals surface area contributed by atoms with Gasteiger partial charge in [0.05, 0.1) is 0 Å². The van der Waals surface area contributed by atoms with Crippen molar-refractivity contribution in [2.75, 3.05) is 19.7 Å². The predicted octanol–water partition coefficient (Wildman–Crippen LogP) is 5.00. The molecule has 6 nitrogen and oxygen atoms in total. The van der Waals surface area contributed by atoms with Crippen LogP contribution >= 0.6 is 0 Å². The lowest BCUT2D eigenvalue weighted by molar-refractivity contribution is -0.166. The summed E-state index contributed by atoms with van der Waals surface area (Å²) in [6.45, 7) is 7.61. The van der Waals surface area contributed by atoms with Crippen molar-refractivity contribution in [2.24, 2.45) is 0 Å². The second-order valence-electron chi connectivity index (χ2n) is 7.47. The highest BCUT2D eigenvalue weighted by atomic mass is 32.2. The molecule has 0 saturated heterocycles. The summed E-state index contributed by atoms with van der Waals surface area (Å²) < 4.78 is 32.2. The topological polar surface area (TPSA) is 77.1 Å². The van der Waals surface area contributed by atoms with Crippen molar-refractivity contribution in [3.05, 3.63) is 23.8 Å². The molecule has 2 rings (SSSR count). The standard InChI is InChI=1S/C18H28O3S.C5H10O3/c1-3-4-5-6-7-8-11-22(19)15(2)12-16-9-10-17-18(13-16)21-14-20-17;1-4(6)8-5(2)7-3/h9-10,13,15H,3-8,11-12,14H2,1-2H3;5H,1-3H3. The molecule has 0 amide bonds. The maximum Gasteiger partial charge on any atom is 0.304 e. The van der Waals surface area contributed by atoms with Crippen LogP contribution in [0.25, 0.3) is 0 Å². The normalized spacial score (nSPS) is 15.0. The molecule has 0 radical (unpaired) electrons. The molecule has 172 valence electrons. The molecule has 1 aromatic carbocycles. The van der Waals surface area contributed by atoms with Crippen molar-refractivity contribution in [3.8, 4) is 11.5 Å². The van der Waals surface area contributed by atoms with Crippen molar-refractivity contribution in [2.45, 2.75) is 84.2 Å². The monoisotopic (exact) mass is 442 g/mol. The molecule has 0 bridgehead atoms. The van der Waals surface area contributed by atoms with Crippen LogP contribution in [0.15, 0.2) is 18.2 Å². The lowest BCUT2D eigenvalue weighted by Gasteiger charge is -2.18. The molecule has 3 atom stereocenters. The average molecular weight is 443 g/mol. The van der Waals surface area contributed by atoms with E-state index in [1.807, 2.05) is 18.2 Å². The first-order chi connectivity index (χ1) is 14.4. The maximum atomic E-state index is 12.3. The van der Waals surface area contributed by atoms with E-state index >= 15 is 0 Å². The molecule has 7 heteroatoms. The van der Waals surface area contributed by atoms with E-state index in [1.54, 1.807) is 6.92 Å². The third-order valence-corrected chi connectivity index (χ3v) is 6.53. The Morgan fingerprint density at radius 3 is 2.43 bits per heavy atom. The van der Waals surface area contributed by atoms with Gasteiger partial charge in [0.1, 0.15) is 11.0 Å². The van der Waals surface area contributed by atoms with Gasteiger partial charge in [-0.15, -0.1) is 0 Å². The SMILES string of the molecule is CCCCCCCC[S+]([O-])C(C)Cc1ccc2c(c1)OCO2.COC(C)OC(C)=O. The Labute approximate surface area is 184 Å². The number of methoxy groups -OCH3 is 1. The fourth-order valence-corrected chi connectivity index (χ4v) is 4.27. The average Bonchev–Trinajstić information content (AvgIpc) is 3.18. The molecule has 1 aromatic rings. The van der Waals surface area contributed by atoms with Crippen LogP contribution in [0, 0.1) is 0 Å². The van der Waals surface area contributed by atoms with Gasteiger partial charge in [0.2, 0.25) is 6.79 Å². The molecule has 3 unspecified atom stereocenters. The van der Waals surface area contributed by atoms with Crippen LogP contribution in [0.1, 0.15) is 71.8 Å². The molecule has 1 aliphatic rings. The number of carbonyl (C=O) groups is 1. The highest BCUT2D eigenvalue weighted by molar-refractivity contribution is 7.91. The first kappa shape index (κ1) is 26.6. The summed E-state index contributed by atoms with van der Waals surface area (Å²) in [5, 5.41) is 0.191. The van der Waals surface area contributed by atoms with Crippen LogP contribution in [0.3, 0.4) is 0 Å². The van der Waals surface area contributed by atoms with Crippen molar-refractivity contribution in [1.29, 1.82) is 0 Å². The quantitative estimate of drug-likeness (QED) is 0.196. The summed E-state index contributed by atoms with van der Waals surface area (Å²) in [6, 6.07) is 6.01. The lowest BCUT2D eigenvalue weighted by Crippen LogP contribution is -2.23. The minimum absolute atomic E-state index is 0.191. The van der Waals surface area contributed by atoms with Crippen LogP contribution in [0.2, 0.25) is 0 Å². The van der Waals surface area contributed by atoms with Gasteiger partial charge in [-0.05, 0) is 44.4 Å². The number of hydrogen-bond acceptors (Lipinski definition) is 6. The third-order valence-electron chi connectivity index (χ3n) is 4.77. The van der Waals surface area contributed by atoms with Crippen molar-refractivity contribution < 1.29 is 28.3 Å². The summed E-state index contributed by atoms with van der Waals surface area (Å²) in [4.78, 5) is 10.1. The molecule has 1 aliphatic heterocycles. The summed E-state index contributed by atoms with van der Waals surface area (Å²) in [5.41, 5.74) is 1.17. The van der Waals surface area contributed by atoms with Gasteiger partial charge in [-0.2, -0.15) is 0 Å². The molecule has 0 fully saturated rings. The van der Waals surface area contributed by atoms with Crippen LogP contribution in [0.5, 0.6) is 11.5 Å². The van der Waals surface area contributed by atoms with E-state index in [4.69, 9.17) is 9.47 Å². The smallest absolute Gasteiger partial charge is 0.304 e. The molecule has 0 aliphatic carbocycles. The molecule has 1 heterocycles. The highest BCUT2D eigenvalue weighted by Crippen LogP contribution is 2.33. The first-order valence-corrected chi connectivity index (χ1v) is 12.2. The van der Waals surface area contributed by atoms with Crippen LogP contribution < -0.4 is 9.47 Å². The minimum Gasteiger partial charge on any atom is -0.616 e. The number of unbranched alkanes of at least 4 members (excludes halogenated alkanes) is 5. The van der Waals surface area contributed by atoms with Gasteiger partial charge >= 0.3 is 5.97 Å². The Kier molecular flexibility index (Phi) is 13.6. The van der Waals surface area contributed by atoms with Crippen molar-refractivity contribution in [1.82, 2.24) is 0 Å². The van der Waals surface area contributed by atoms with Crippen LogP contribution in [-0.2, 0) is 31.9 Å². The lowest BCUT2D eigenvalue weighted by atomic mass is 10.1. The maximum absolute atomic E-state index is 12.3. The number of benzene rings is 1. The van der Waals surface area contributed by atoms with E-state index in [-0.39, 0.29) is 11.2 Å². The minimum atomic E-state index is -0.743. The number of hydrogen-bond donors (Lipinski definition) is 0. The molecule has 0 N–H and O–H groups in total. The van der Waals surface area contributed by atoms with E-state index in [0.29, 0.717) is 6.79 Å². The number of carbonyl (C=O) groups excluding carboxylic acids is 1. The Morgan fingerprint density at radius 2 is 1.80 bits per heavy atom. The summed E-state index contributed by atoms with van der Waals surface area (Å²) in [6.07, 6.45) is 7.90. The fraction of sp³-hybridized carbons (Fsp3) is 0.696. The Morgan fingerprint density at radius 1 is 1.13 bits per heavy atom. The van der Waals surface area contributed by atoms with Crippen LogP contribution in [0.4, 0.5) is 0 Å². The zero-order valence-electron chi connectivity index (χ0n) is 19.1. The van der Waals surface area contributed by atoms with Crippen LogP contribution in [-0.4, -0.2) is 41.7 Å². The fourth-order valence-electron chi connectivity index (χ4n) is 3.00. The van der Waals surface area contributed by atoms with E-state index in [0.717, 1.165) is 30.1 Å². The largest absolute Gasteiger partial charge is 0.616 e. The van der Waals surface area contributed by atoms with Crippen molar-refractivity contribution in [3.63, 3.8) is 0 Å². The van der Waals surface area contributed by atoms with Gasteiger partial charge in [-0.25, -0.2) is 0 Å². The molecular weight excluding hydrogens is 404 g/mol. The first-order valence-electron chi connectivity index (χ1n) is 10.8. The number of rotatable bonds is 12.